The van der Waals surface area contributed by atoms with Crippen molar-refractivity contribution in [2.45, 2.75) is 17.2 Å². The number of benzene rings is 1. The maximum atomic E-state index is 12.8. The third kappa shape index (κ3) is 2.64. The molecule has 5 nitrogen and oxygen atoms in total. The Morgan fingerprint density at radius 2 is 2.05 bits per heavy atom. The van der Waals surface area contributed by atoms with Crippen LogP contribution in [0.1, 0.15) is 11.3 Å². The van der Waals surface area contributed by atoms with Crippen LogP contribution in [0, 0.1) is 0 Å². The number of rotatable bonds is 3. The van der Waals surface area contributed by atoms with Gasteiger partial charge in [-0.15, -0.1) is 11.3 Å². The highest BCUT2D eigenvalue weighted by Gasteiger charge is 2.29. The summed E-state index contributed by atoms with van der Waals surface area (Å²) in [5, 5.41) is 9.11. The molecule has 1 aromatic heterocycles. The topological polar surface area (TPSA) is 66.8 Å². The summed E-state index contributed by atoms with van der Waals surface area (Å²) in [6, 6.07) is 10.3. The molecule has 2 heterocycles. The first-order chi connectivity index (χ1) is 10.1. The van der Waals surface area contributed by atoms with Crippen molar-refractivity contribution in [3.05, 3.63) is 41.3 Å². The molecular formula is C14H15NO4S2. The summed E-state index contributed by atoms with van der Waals surface area (Å²) in [5.41, 5.74) is 0.564. The van der Waals surface area contributed by atoms with Crippen molar-refractivity contribution in [3.8, 4) is 5.75 Å². The molecule has 21 heavy (non-hydrogen) atoms. The number of hydrogen-bond acceptors (Lipinski definition) is 5. The number of anilines is 1. The van der Waals surface area contributed by atoms with Gasteiger partial charge in [-0.3, -0.25) is 4.31 Å². The van der Waals surface area contributed by atoms with E-state index in [0.717, 1.165) is 11.3 Å². The van der Waals surface area contributed by atoms with Crippen LogP contribution in [0.3, 0.4) is 0 Å². The standard InChI is InChI=1S/C14H15NO4S2/c16-10-11-6-7-14(20-11)21(17,18)15-8-3-9-19-13-5-2-1-4-12(13)15/h1-2,4-7,16H,3,8-10H2. The van der Waals surface area contributed by atoms with Crippen LogP contribution in [-0.4, -0.2) is 26.7 Å². The Balaban J connectivity index is 2.06. The van der Waals surface area contributed by atoms with Crippen LogP contribution in [0.4, 0.5) is 5.69 Å². The summed E-state index contributed by atoms with van der Waals surface area (Å²) in [5.74, 6) is 0.581. The predicted molar refractivity (Wildman–Crippen MR) is 81.3 cm³/mol. The Bertz CT molecular complexity index is 739. The molecule has 0 spiro atoms. The van der Waals surface area contributed by atoms with Gasteiger partial charge in [0.1, 0.15) is 9.96 Å². The van der Waals surface area contributed by atoms with E-state index in [4.69, 9.17) is 9.84 Å². The molecule has 0 unspecified atom stereocenters. The third-order valence-corrected chi connectivity index (χ3v) is 6.58. The van der Waals surface area contributed by atoms with Crippen molar-refractivity contribution < 1.29 is 18.3 Å². The second-order valence-corrected chi connectivity index (χ2v) is 7.88. The summed E-state index contributed by atoms with van der Waals surface area (Å²) >= 11 is 1.09. The highest BCUT2D eigenvalue weighted by atomic mass is 32.2. The van der Waals surface area contributed by atoms with Crippen LogP contribution >= 0.6 is 11.3 Å². The largest absolute Gasteiger partial charge is 0.491 e. The van der Waals surface area contributed by atoms with Crippen molar-refractivity contribution >= 4 is 27.0 Å². The van der Waals surface area contributed by atoms with Crippen LogP contribution in [0.25, 0.3) is 0 Å². The van der Waals surface area contributed by atoms with E-state index in [1.54, 1.807) is 30.3 Å². The summed E-state index contributed by atoms with van der Waals surface area (Å²) in [6.45, 7) is 0.723. The minimum atomic E-state index is -3.63. The van der Waals surface area contributed by atoms with Crippen LogP contribution in [-0.2, 0) is 16.6 Å². The summed E-state index contributed by atoms with van der Waals surface area (Å²) in [6.07, 6.45) is 0.631. The smallest absolute Gasteiger partial charge is 0.273 e. The second-order valence-electron chi connectivity index (χ2n) is 4.63. The van der Waals surface area contributed by atoms with Crippen molar-refractivity contribution in [1.29, 1.82) is 0 Å². The Labute approximate surface area is 127 Å². The number of hydrogen-bond donors (Lipinski definition) is 1. The lowest BCUT2D eigenvalue weighted by Crippen LogP contribution is -2.31. The summed E-state index contributed by atoms with van der Waals surface area (Å²) in [4.78, 5) is 0.632. The maximum Gasteiger partial charge on any atom is 0.273 e. The van der Waals surface area contributed by atoms with Crippen molar-refractivity contribution in [2.75, 3.05) is 17.5 Å². The molecule has 0 aliphatic carbocycles. The molecule has 1 N–H and O–H groups in total. The Morgan fingerprint density at radius 1 is 1.24 bits per heavy atom. The van der Waals surface area contributed by atoms with Crippen LogP contribution in [0.15, 0.2) is 40.6 Å². The van der Waals surface area contributed by atoms with E-state index in [1.165, 1.54) is 4.31 Å². The molecule has 112 valence electrons. The van der Waals surface area contributed by atoms with Gasteiger partial charge >= 0.3 is 0 Å². The molecule has 1 aliphatic rings. The zero-order valence-electron chi connectivity index (χ0n) is 11.2. The Morgan fingerprint density at radius 3 is 2.81 bits per heavy atom. The number of ether oxygens (including phenoxy) is 1. The van der Waals surface area contributed by atoms with Gasteiger partial charge in [0.25, 0.3) is 10.0 Å². The first-order valence-electron chi connectivity index (χ1n) is 6.57. The highest BCUT2D eigenvalue weighted by molar-refractivity contribution is 7.94. The number of aliphatic hydroxyl groups excluding tert-OH is 1. The summed E-state index contributed by atoms with van der Waals surface area (Å²) < 4.78 is 32.9. The minimum Gasteiger partial charge on any atom is -0.491 e. The van der Waals surface area contributed by atoms with E-state index in [9.17, 15) is 8.42 Å². The van der Waals surface area contributed by atoms with Crippen molar-refractivity contribution in [3.63, 3.8) is 0 Å². The lowest BCUT2D eigenvalue weighted by atomic mass is 10.3. The van der Waals surface area contributed by atoms with Gasteiger partial charge in [-0.25, -0.2) is 8.42 Å². The average molecular weight is 325 g/mol. The fourth-order valence-corrected chi connectivity index (χ4v) is 5.08. The zero-order valence-corrected chi connectivity index (χ0v) is 12.9. The summed E-state index contributed by atoms with van der Waals surface area (Å²) in [7, 11) is -3.63. The molecule has 2 aromatic rings. The fourth-order valence-electron chi connectivity index (χ4n) is 2.24. The van der Waals surface area contributed by atoms with Gasteiger partial charge in [0, 0.05) is 17.8 Å². The first kappa shape index (κ1) is 14.4. The Hall–Kier alpha value is -1.57. The lowest BCUT2D eigenvalue weighted by Gasteiger charge is -2.22. The second kappa shape index (κ2) is 5.67. The number of aliphatic hydroxyl groups is 1. The molecule has 0 saturated heterocycles. The molecule has 0 fully saturated rings. The molecule has 0 amide bonds. The van der Waals surface area contributed by atoms with E-state index in [-0.39, 0.29) is 10.8 Å². The predicted octanol–water partition coefficient (Wildman–Crippen LogP) is 2.22. The number of nitrogens with zero attached hydrogens (tertiary/aromatic N) is 1. The molecule has 0 radical (unpaired) electrons. The third-order valence-electron chi connectivity index (χ3n) is 3.23. The molecule has 7 heteroatoms. The monoisotopic (exact) mass is 325 g/mol. The molecule has 3 rings (SSSR count). The average Bonchev–Trinajstić information content (AvgIpc) is 2.87. The Kier molecular flexibility index (Phi) is 3.88. The number of para-hydroxylation sites is 2. The number of thiophene rings is 1. The minimum absolute atomic E-state index is 0.153. The van der Waals surface area contributed by atoms with Gasteiger partial charge in [0.2, 0.25) is 0 Å². The highest BCUT2D eigenvalue weighted by Crippen LogP contribution is 2.36. The normalized spacial score (nSPS) is 15.2. The van der Waals surface area contributed by atoms with Crippen LogP contribution < -0.4 is 9.04 Å². The van der Waals surface area contributed by atoms with Gasteiger partial charge in [0.15, 0.2) is 0 Å². The van der Waals surface area contributed by atoms with E-state index < -0.39 is 10.0 Å². The van der Waals surface area contributed by atoms with Gasteiger partial charge in [0.05, 0.1) is 18.9 Å². The molecular weight excluding hydrogens is 310 g/mol. The first-order valence-corrected chi connectivity index (χ1v) is 8.83. The quantitative estimate of drug-likeness (QED) is 0.939. The van der Waals surface area contributed by atoms with Gasteiger partial charge in [-0.05, 0) is 24.3 Å². The van der Waals surface area contributed by atoms with Gasteiger partial charge < -0.3 is 9.84 Å². The maximum absolute atomic E-state index is 12.8. The van der Waals surface area contributed by atoms with Crippen molar-refractivity contribution in [2.24, 2.45) is 0 Å². The van der Waals surface area contributed by atoms with Crippen LogP contribution in [0.2, 0.25) is 0 Å². The molecule has 0 bridgehead atoms. The molecule has 1 aromatic carbocycles. The molecule has 1 aliphatic heterocycles. The number of fused-ring (bicyclic) bond motifs is 1. The lowest BCUT2D eigenvalue weighted by molar-refractivity contribution is 0.285. The zero-order chi connectivity index (χ0) is 14.9. The fraction of sp³-hybridized carbons (Fsp3) is 0.286. The number of sulfonamides is 1. The van der Waals surface area contributed by atoms with E-state index in [1.807, 2.05) is 6.07 Å². The van der Waals surface area contributed by atoms with Gasteiger partial charge in [-0.2, -0.15) is 0 Å². The van der Waals surface area contributed by atoms with Gasteiger partial charge in [-0.1, -0.05) is 12.1 Å². The van der Waals surface area contributed by atoms with Crippen LogP contribution in [0.5, 0.6) is 5.75 Å². The molecule has 0 atom stereocenters. The van der Waals surface area contributed by atoms with E-state index >= 15 is 0 Å². The van der Waals surface area contributed by atoms with E-state index in [0.29, 0.717) is 35.9 Å². The van der Waals surface area contributed by atoms with Crippen molar-refractivity contribution in [1.82, 2.24) is 0 Å². The van der Waals surface area contributed by atoms with E-state index in [2.05, 4.69) is 0 Å². The molecule has 0 saturated carbocycles. The SMILES string of the molecule is O=S(=O)(c1ccc(CO)s1)N1CCCOc2ccccc21.